The van der Waals surface area contributed by atoms with Gasteiger partial charge in [0.25, 0.3) is 5.91 Å². The van der Waals surface area contributed by atoms with Crippen molar-refractivity contribution in [1.82, 2.24) is 4.90 Å². The number of amides is 1. The third-order valence-corrected chi connectivity index (χ3v) is 3.89. The number of carbonyl (C=O) groups excluding carboxylic acids is 1. The van der Waals surface area contributed by atoms with E-state index in [0.717, 1.165) is 0 Å². The Morgan fingerprint density at radius 3 is 2.05 bits per heavy atom. The second kappa shape index (κ2) is 5.38. The van der Waals surface area contributed by atoms with Crippen molar-refractivity contribution < 1.29 is 27.9 Å². The number of benzene rings is 1. The van der Waals surface area contributed by atoms with Crippen LogP contribution in [0.1, 0.15) is 30.1 Å². The van der Waals surface area contributed by atoms with Crippen LogP contribution in [-0.4, -0.2) is 35.0 Å². The molecule has 21 heavy (non-hydrogen) atoms. The molecule has 0 spiro atoms. The van der Waals surface area contributed by atoms with Crippen LogP contribution in [0.25, 0.3) is 0 Å². The molecule has 1 saturated heterocycles. The maximum atomic E-state index is 13.6. The molecule has 1 aliphatic heterocycles. The molecule has 0 radical (unpaired) electrons. The van der Waals surface area contributed by atoms with E-state index >= 15 is 0 Å². The highest BCUT2D eigenvalue weighted by Gasteiger charge is 2.39. The lowest BCUT2D eigenvalue weighted by atomic mass is 9.80. The quantitative estimate of drug-likeness (QED) is 0.912. The van der Waals surface area contributed by atoms with Crippen LogP contribution in [-0.2, 0) is 4.79 Å². The molecule has 7 heteroatoms. The first kappa shape index (κ1) is 15.3. The van der Waals surface area contributed by atoms with E-state index in [1.54, 1.807) is 6.92 Å². The highest BCUT2D eigenvalue weighted by atomic mass is 19.1. The van der Waals surface area contributed by atoms with E-state index in [1.807, 2.05) is 0 Å². The fourth-order valence-corrected chi connectivity index (χ4v) is 2.32. The van der Waals surface area contributed by atoms with Crippen LogP contribution in [0.3, 0.4) is 0 Å². The summed E-state index contributed by atoms with van der Waals surface area (Å²) in [5.41, 5.74) is -1.76. The molecular formula is C14H14F3NO3. The lowest BCUT2D eigenvalue weighted by Crippen LogP contribution is -2.45. The number of carboxylic acid groups (broad SMARTS) is 1. The highest BCUT2D eigenvalue weighted by molar-refractivity contribution is 5.95. The number of likely N-dealkylation sites (tertiary alicyclic amines) is 1. The molecule has 0 saturated carbocycles. The van der Waals surface area contributed by atoms with Gasteiger partial charge in [-0.25, -0.2) is 13.2 Å². The van der Waals surface area contributed by atoms with Crippen LogP contribution in [0.5, 0.6) is 0 Å². The van der Waals surface area contributed by atoms with Gasteiger partial charge in [0.05, 0.1) is 5.41 Å². The van der Waals surface area contributed by atoms with E-state index in [2.05, 4.69) is 0 Å². The van der Waals surface area contributed by atoms with Crippen LogP contribution in [0, 0.1) is 22.9 Å². The molecule has 1 aromatic carbocycles. The van der Waals surface area contributed by atoms with Crippen LogP contribution in [0.15, 0.2) is 12.1 Å². The van der Waals surface area contributed by atoms with E-state index in [9.17, 15) is 22.8 Å². The van der Waals surface area contributed by atoms with Gasteiger partial charge >= 0.3 is 5.97 Å². The third-order valence-electron chi connectivity index (χ3n) is 3.89. The molecule has 0 bridgehead atoms. The third kappa shape index (κ3) is 2.86. The summed E-state index contributed by atoms with van der Waals surface area (Å²) in [5, 5.41) is 9.09. The predicted octanol–water partition coefficient (Wildman–Crippen LogP) is 2.43. The van der Waals surface area contributed by atoms with Gasteiger partial charge in [-0.1, -0.05) is 0 Å². The van der Waals surface area contributed by atoms with Crippen LogP contribution < -0.4 is 0 Å². The highest BCUT2D eigenvalue weighted by Crippen LogP contribution is 2.32. The molecule has 0 aliphatic carbocycles. The van der Waals surface area contributed by atoms with Gasteiger partial charge in [-0.3, -0.25) is 9.59 Å². The van der Waals surface area contributed by atoms with Crippen molar-refractivity contribution in [2.45, 2.75) is 19.8 Å². The molecule has 0 atom stereocenters. The van der Waals surface area contributed by atoms with E-state index in [4.69, 9.17) is 5.11 Å². The average Bonchev–Trinajstić information content (AvgIpc) is 2.38. The first-order valence-corrected chi connectivity index (χ1v) is 6.42. The second-order valence-corrected chi connectivity index (χ2v) is 5.40. The van der Waals surface area contributed by atoms with E-state index in [0.29, 0.717) is 12.1 Å². The molecule has 1 amide bonds. The molecule has 1 heterocycles. The summed E-state index contributed by atoms with van der Waals surface area (Å²) >= 11 is 0. The van der Waals surface area contributed by atoms with Gasteiger partial charge < -0.3 is 10.0 Å². The molecule has 1 aliphatic rings. The van der Waals surface area contributed by atoms with Crippen molar-refractivity contribution in [2.24, 2.45) is 5.41 Å². The van der Waals surface area contributed by atoms with Gasteiger partial charge in [0.2, 0.25) is 0 Å². The van der Waals surface area contributed by atoms with Crippen molar-refractivity contribution >= 4 is 11.9 Å². The Balaban J connectivity index is 2.18. The molecule has 0 unspecified atom stereocenters. The molecular weight excluding hydrogens is 287 g/mol. The summed E-state index contributed by atoms with van der Waals surface area (Å²) in [6.07, 6.45) is 0.386. The van der Waals surface area contributed by atoms with Gasteiger partial charge in [-0.05, 0) is 19.8 Å². The molecule has 4 nitrogen and oxygen atoms in total. The van der Waals surface area contributed by atoms with E-state index < -0.39 is 40.3 Å². The van der Waals surface area contributed by atoms with Crippen molar-refractivity contribution in [3.63, 3.8) is 0 Å². The largest absolute Gasteiger partial charge is 0.481 e. The summed E-state index contributed by atoms with van der Waals surface area (Å²) in [5.74, 6) is -5.47. The number of rotatable bonds is 2. The minimum absolute atomic E-state index is 0.0812. The number of carbonyl (C=O) groups is 2. The lowest BCUT2D eigenvalue weighted by molar-refractivity contribution is -0.150. The van der Waals surface area contributed by atoms with Crippen molar-refractivity contribution in [3.05, 3.63) is 35.1 Å². The SMILES string of the molecule is CC1(C(=O)O)CCN(C(=O)c2c(F)cc(F)cc2F)CC1. The molecule has 114 valence electrons. The lowest BCUT2D eigenvalue weighted by Gasteiger charge is -2.36. The van der Waals surface area contributed by atoms with E-state index in [-0.39, 0.29) is 25.9 Å². The standard InChI is InChI=1S/C14H14F3NO3/c1-14(13(20)21)2-4-18(5-3-14)12(19)11-9(16)6-8(15)7-10(11)17/h6-7H,2-5H2,1H3,(H,20,21). The Labute approximate surface area is 119 Å². The van der Waals surface area contributed by atoms with Gasteiger partial charge in [0, 0.05) is 25.2 Å². The number of nitrogens with zero attached hydrogens (tertiary/aromatic N) is 1. The van der Waals surface area contributed by atoms with Gasteiger partial charge in [-0.2, -0.15) is 0 Å². The molecule has 1 fully saturated rings. The first-order chi connectivity index (χ1) is 9.74. The fraction of sp³-hybridized carbons (Fsp3) is 0.429. The number of carboxylic acids is 1. The molecule has 1 N–H and O–H groups in total. The Bertz CT molecular complexity index is 572. The molecule has 0 aromatic heterocycles. The topological polar surface area (TPSA) is 57.6 Å². The van der Waals surface area contributed by atoms with Crippen molar-refractivity contribution in [3.8, 4) is 0 Å². The number of halogens is 3. The Kier molecular flexibility index (Phi) is 3.93. The fourth-order valence-electron chi connectivity index (χ4n) is 2.32. The summed E-state index contributed by atoms with van der Waals surface area (Å²) in [6.45, 7) is 1.73. The summed E-state index contributed by atoms with van der Waals surface area (Å²) in [6, 6.07) is 0.892. The zero-order valence-electron chi connectivity index (χ0n) is 11.3. The molecule has 1 aromatic rings. The zero-order valence-corrected chi connectivity index (χ0v) is 11.3. The minimum Gasteiger partial charge on any atom is -0.481 e. The van der Waals surface area contributed by atoms with Crippen molar-refractivity contribution in [1.29, 1.82) is 0 Å². The first-order valence-electron chi connectivity index (χ1n) is 6.42. The number of aliphatic carboxylic acids is 1. The molecule has 2 rings (SSSR count). The van der Waals surface area contributed by atoms with Crippen LogP contribution in [0.4, 0.5) is 13.2 Å². The van der Waals surface area contributed by atoms with Crippen LogP contribution >= 0.6 is 0 Å². The maximum absolute atomic E-state index is 13.6. The smallest absolute Gasteiger partial charge is 0.309 e. The average molecular weight is 301 g/mol. The van der Waals surface area contributed by atoms with Gasteiger partial charge in [-0.15, -0.1) is 0 Å². The Morgan fingerprint density at radius 2 is 1.62 bits per heavy atom. The zero-order chi connectivity index (χ0) is 15.8. The monoisotopic (exact) mass is 301 g/mol. The second-order valence-electron chi connectivity index (χ2n) is 5.40. The Morgan fingerprint density at radius 1 is 1.14 bits per heavy atom. The predicted molar refractivity (Wildman–Crippen MR) is 67.2 cm³/mol. The summed E-state index contributed by atoms with van der Waals surface area (Å²) in [4.78, 5) is 24.4. The normalized spacial score (nSPS) is 17.6. The van der Waals surface area contributed by atoms with Crippen molar-refractivity contribution in [2.75, 3.05) is 13.1 Å². The number of hydrogen-bond acceptors (Lipinski definition) is 2. The summed E-state index contributed by atoms with van der Waals surface area (Å²) < 4.78 is 40.0. The number of hydrogen-bond donors (Lipinski definition) is 1. The number of piperidine rings is 1. The Hall–Kier alpha value is -2.05. The summed E-state index contributed by atoms with van der Waals surface area (Å²) in [7, 11) is 0. The van der Waals surface area contributed by atoms with Gasteiger partial charge in [0.1, 0.15) is 23.0 Å². The van der Waals surface area contributed by atoms with Gasteiger partial charge in [0.15, 0.2) is 0 Å². The van der Waals surface area contributed by atoms with E-state index in [1.165, 1.54) is 4.90 Å². The minimum atomic E-state index is -1.26. The van der Waals surface area contributed by atoms with Crippen LogP contribution in [0.2, 0.25) is 0 Å². The maximum Gasteiger partial charge on any atom is 0.309 e.